The summed E-state index contributed by atoms with van der Waals surface area (Å²) in [5.41, 5.74) is 1.93. The number of amides is 2. The van der Waals surface area contributed by atoms with Crippen molar-refractivity contribution in [3.63, 3.8) is 0 Å². The first kappa shape index (κ1) is 33.4. The highest BCUT2D eigenvalue weighted by Crippen LogP contribution is 2.22. The van der Waals surface area contributed by atoms with E-state index in [1.165, 1.54) is 0 Å². The Balaban J connectivity index is 1.67. The Morgan fingerprint density at radius 2 is 1.28 bits per heavy atom. The Kier molecular flexibility index (Phi) is 12.8. The largest absolute Gasteiger partial charge is 0.489 e. The Labute approximate surface area is 253 Å². The monoisotopic (exact) mass is 593 g/mol. The highest BCUT2D eigenvalue weighted by molar-refractivity contribution is 5.68. The molecular weight excluding hydrogens is 550 g/mol. The van der Waals surface area contributed by atoms with Gasteiger partial charge in [-0.3, -0.25) is 0 Å². The molecule has 4 atom stereocenters. The second kappa shape index (κ2) is 16.5. The van der Waals surface area contributed by atoms with Crippen molar-refractivity contribution >= 4 is 12.2 Å². The lowest BCUT2D eigenvalue weighted by Crippen LogP contribution is -2.52. The first-order chi connectivity index (χ1) is 20.5. The van der Waals surface area contributed by atoms with Crippen molar-refractivity contribution in [1.29, 1.82) is 0 Å². The molecule has 10 heteroatoms. The maximum atomic E-state index is 12.7. The molecule has 232 valence electrons. The van der Waals surface area contributed by atoms with Gasteiger partial charge in [0.05, 0.1) is 24.3 Å². The molecule has 0 bridgehead atoms. The van der Waals surface area contributed by atoms with Crippen LogP contribution in [0.3, 0.4) is 0 Å². The number of hydrogen-bond acceptors (Lipinski definition) is 7. The lowest BCUT2D eigenvalue weighted by Gasteiger charge is -2.28. The van der Waals surface area contributed by atoms with Crippen molar-refractivity contribution in [3.8, 4) is 5.75 Å². The molecule has 6 N–H and O–H groups in total. The molecule has 10 nitrogen and oxygen atoms in total. The van der Waals surface area contributed by atoms with E-state index in [1.54, 1.807) is 20.8 Å². The summed E-state index contributed by atoms with van der Waals surface area (Å²) < 4.78 is 11.5. The van der Waals surface area contributed by atoms with E-state index in [4.69, 9.17) is 9.47 Å². The third kappa shape index (κ3) is 12.3. The van der Waals surface area contributed by atoms with Gasteiger partial charge in [-0.15, -0.1) is 0 Å². The lowest BCUT2D eigenvalue weighted by atomic mass is 9.99. The van der Waals surface area contributed by atoms with Crippen molar-refractivity contribution in [2.24, 2.45) is 0 Å². The topological polar surface area (TPSA) is 149 Å². The third-order valence-electron chi connectivity index (χ3n) is 6.59. The van der Waals surface area contributed by atoms with Crippen LogP contribution in [0.2, 0.25) is 0 Å². The summed E-state index contributed by atoms with van der Waals surface area (Å²) >= 11 is 0. The minimum absolute atomic E-state index is 0.00473. The molecule has 0 heterocycles. The first-order valence-corrected chi connectivity index (χ1v) is 14.3. The molecule has 3 aromatic rings. The average Bonchev–Trinajstić information content (AvgIpc) is 2.95. The Hall–Kier alpha value is -4.12. The number of hydrogen-bond donors (Lipinski definition) is 6. The predicted octanol–water partition coefficient (Wildman–Crippen LogP) is 3.89. The van der Waals surface area contributed by atoms with Crippen molar-refractivity contribution in [2.75, 3.05) is 13.1 Å². The fraction of sp³-hybridized carbons (Fsp3) is 0.394. The lowest BCUT2D eigenvalue weighted by molar-refractivity contribution is 0.0415. The zero-order valence-corrected chi connectivity index (χ0v) is 24.9. The zero-order chi connectivity index (χ0) is 31.2. The molecule has 43 heavy (non-hydrogen) atoms. The molecule has 0 fully saturated rings. The summed E-state index contributed by atoms with van der Waals surface area (Å²) in [5, 5.41) is 39.4. The second-order valence-corrected chi connectivity index (χ2v) is 11.4. The molecular formula is C33H43N3O7. The number of carbonyl (C=O) groups is 2. The fourth-order valence-electron chi connectivity index (χ4n) is 4.50. The summed E-state index contributed by atoms with van der Waals surface area (Å²) in [6, 6.07) is 24.9. The number of alkyl carbamates (subject to hydrolysis) is 1. The molecule has 2 amide bonds. The number of aliphatic hydroxyl groups excluding tert-OH is 2. The number of benzene rings is 3. The van der Waals surface area contributed by atoms with Gasteiger partial charge in [-0.25, -0.2) is 9.59 Å². The van der Waals surface area contributed by atoms with Crippen LogP contribution < -0.4 is 20.7 Å². The average molecular weight is 594 g/mol. The second-order valence-electron chi connectivity index (χ2n) is 11.4. The first-order valence-electron chi connectivity index (χ1n) is 14.3. The summed E-state index contributed by atoms with van der Waals surface area (Å²) in [6.07, 6.45) is -3.54. The SMILES string of the molecule is CC(C)(C)OC(=O)N[C@@H](Cc1ccccc1OCc1ccccc1)C(O)CNC[C@@H](O)[C@H](Cc1ccccc1)NC(=O)O. The molecule has 0 aliphatic heterocycles. The van der Waals surface area contributed by atoms with Gasteiger partial charge in [0.25, 0.3) is 0 Å². The Bertz CT molecular complexity index is 1270. The van der Waals surface area contributed by atoms with Crippen LogP contribution >= 0.6 is 0 Å². The molecule has 3 aromatic carbocycles. The van der Waals surface area contributed by atoms with Gasteiger partial charge in [0, 0.05) is 13.1 Å². The molecule has 0 aliphatic carbocycles. The highest BCUT2D eigenvalue weighted by Gasteiger charge is 2.27. The Morgan fingerprint density at radius 1 is 0.744 bits per heavy atom. The van der Waals surface area contributed by atoms with Crippen LogP contribution in [-0.4, -0.2) is 70.5 Å². The molecule has 0 aliphatic rings. The van der Waals surface area contributed by atoms with Crippen molar-refractivity contribution in [1.82, 2.24) is 16.0 Å². The van der Waals surface area contributed by atoms with E-state index < -0.39 is 42.1 Å². The predicted molar refractivity (Wildman–Crippen MR) is 164 cm³/mol. The van der Waals surface area contributed by atoms with Crippen LogP contribution in [0.5, 0.6) is 5.75 Å². The number of ether oxygens (including phenoxy) is 2. The maximum absolute atomic E-state index is 12.7. The number of para-hydroxylation sites is 1. The minimum Gasteiger partial charge on any atom is -0.489 e. The van der Waals surface area contributed by atoms with E-state index in [9.17, 15) is 24.9 Å². The van der Waals surface area contributed by atoms with Crippen molar-refractivity contribution in [2.45, 2.75) is 70.1 Å². The van der Waals surface area contributed by atoms with Gasteiger partial charge in [-0.05, 0) is 56.4 Å². The fourth-order valence-corrected chi connectivity index (χ4v) is 4.50. The van der Waals surface area contributed by atoms with Gasteiger partial charge in [0.15, 0.2) is 0 Å². The van der Waals surface area contributed by atoms with E-state index in [1.807, 2.05) is 84.9 Å². The highest BCUT2D eigenvalue weighted by atomic mass is 16.6. The quantitative estimate of drug-likeness (QED) is 0.155. The summed E-state index contributed by atoms with van der Waals surface area (Å²) in [5.74, 6) is 0.626. The van der Waals surface area contributed by atoms with E-state index in [2.05, 4.69) is 16.0 Å². The maximum Gasteiger partial charge on any atom is 0.407 e. The standard InChI is InChI=1S/C33H43N3O7/c1-33(2,3)43-32(41)36-27(19-25-16-10-11-17-30(25)42-22-24-14-8-5-9-15-24)29(38)21-34-20-28(37)26(35-31(39)40)18-23-12-6-4-7-13-23/h4-17,26-29,34-35,37-38H,18-22H2,1-3H3,(H,36,41)(H,39,40)/t26-,27-,28+,29?/m0/s1. The zero-order valence-electron chi connectivity index (χ0n) is 24.9. The van der Waals surface area contributed by atoms with Crippen LogP contribution in [0.15, 0.2) is 84.9 Å². The summed E-state index contributed by atoms with van der Waals surface area (Å²) in [4.78, 5) is 24.1. The smallest absolute Gasteiger partial charge is 0.407 e. The van der Waals surface area contributed by atoms with Crippen molar-refractivity contribution < 1.29 is 34.4 Å². The van der Waals surface area contributed by atoms with E-state index in [0.29, 0.717) is 18.8 Å². The van der Waals surface area contributed by atoms with Gasteiger partial charge in [-0.1, -0.05) is 78.9 Å². The number of carboxylic acid groups (broad SMARTS) is 1. The van der Waals surface area contributed by atoms with Gasteiger partial charge < -0.3 is 40.7 Å². The molecule has 0 aromatic heterocycles. The Morgan fingerprint density at radius 3 is 1.86 bits per heavy atom. The van der Waals surface area contributed by atoms with E-state index >= 15 is 0 Å². The molecule has 3 rings (SSSR count). The van der Waals surface area contributed by atoms with Gasteiger partial charge in [0.1, 0.15) is 18.0 Å². The van der Waals surface area contributed by atoms with Crippen LogP contribution in [0.4, 0.5) is 9.59 Å². The third-order valence-corrected chi connectivity index (χ3v) is 6.59. The molecule has 0 radical (unpaired) electrons. The molecule has 1 unspecified atom stereocenters. The summed E-state index contributed by atoms with van der Waals surface area (Å²) in [6.45, 7) is 5.64. The van der Waals surface area contributed by atoms with Crippen LogP contribution in [-0.2, 0) is 24.2 Å². The number of nitrogens with one attached hydrogen (secondary N) is 3. The molecule has 0 saturated carbocycles. The van der Waals surface area contributed by atoms with Gasteiger partial charge in [0.2, 0.25) is 0 Å². The van der Waals surface area contributed by atoms with Crippen LogP contribution in [0.25, 0.3) is 0 Å². The van der Waals surface area contributed by atoms with Gasteiger partial charge in [-0.2, -0.15) is 0 Å². The van der Waals surface area contributed by atoms with E-state index in [-0.39, 0.29) is 19.5 Å². The van der Waals surface area contributed by atoms with Gasteiger partial charge >= 0.3 is 12.2 Å². The summed E-state index contributed by atoms with van der Waals surface area (Å²) in [7, 11) is 0. The van der Waals surface area contributed by atoms with E-state index in [0.717, 1.165) is 16.7 Å². The minimum atomic E-state index is -1.24. The molecule has 0 spiro atoms. The number of aliphatic hydroxyl groups is 2. The molecule has 0 saturated heterocycles. The van der Waals surface area contributed by atoms with Crippen LogP contribution in [0.1, 0.15) is 37.5 Å². The number of rotatable bonds is 15. The normalized spacial score (nSPS) is 14.2. The van der Waals surface area contributed by atoms with Crippen molar-refractivity contribution in [3.05, 3.63) is 102 Å². The van der Waals surface area contributed by atoms with Crippen LogP contribution in [0, 0.1) is 0 Å². The number of carbonyl (C=O) groups excluding carboxylic acids is 1.